The number of rotatable bonds is 4. The minimum Gasteiger partial charge on any atom is -0.355 e. The standard InChI is InChI=1S/C11H18N4O2S/c1-3-14-18(16,17)10-4-5-15(7-10)11-6-9(2)12-8-13-11/h6,8,10,14H,3-5,7H2,1-2H3/t10-/m1/s1. The van der Waals surface area contributed by atoms with Gasteiger partial charge in [-0.05, 0) is 13.3 Å². The van der Waals surface area contributed by atoms with Crippen molar-refractivity contribution in [1.82, 2.24) is 14.7 Å². The zero-order valence-electron chi connectivity index (χ0n) is 10.6. The Hall–Kier alpha value is -1.21. The lowest BCUT2D eigenvalue weighted by atomic mass is 10.4. The van der Waals surface area contributed by atoms with Crippen molar-refractivity contribution in [2.24, 2.45) is 0 Å². The monoisotopic (exact) mass is 270 g/mol. The third-order valence-electron chi connectivity index (χ3n) is 3.04. The number of aryl methyl sites for hydroxylation is 1. The van der Waals surface area contributed by atoms with Crippen LogP contribution in [0.3, 0.4) is 0 Å². The van der Waals surface area contributed by atoms with Crippen LogP contribution in [0.2, 0.25) is 0 Å². The van der Waals surface area contributed by atoms with Crippen molar-refractivity contribution in [2.75, 3.05) is 24.5 Å². The molecule has 2 heterocycles. The fourth-order valence-corrected chi connectivity index (χ4v) is 3.55. The minimum absolute atomic E-state index is 0.354. The Labute approximate surface area is 107 Å². The van der Waals surface area contributed by atoms with Crippen molar-refractivity contribution in [3.8, 4) is 0 Å². The van der Waals surface area contributed by atoms with Crippen molar-refractivity contribution in [3.05, 3.63) is 18.1 Å². The van der Waals surface area contributed by atoms with Crippen LogP contribution < -0.4 is 9.62 Å². The van der Waals surface area contributed by atoms with E-state index >= 15 is 0 Å². The highest BCUT2D eigenvalue weighted by molar-refractivity contribution is 7.90. The van der Waals surface area contributed by atoms with Crippen LogP contribution in [0.15, 0.2) is 12.4 Å². The second kappa shape index (κ2) is 5.19. The van der Waals surface area contributed by atoms with E-state index in [0.29, 0.717) is 26.1 Å². The number of nitrogens with one attached hydrogen (secondary N) is 1. The lowest BCUT2D eigenvalue weighted by Crippen LogP contribution is -2.36. The Bertz CT molecular complexity index is 518. The largest absolute Gasteiger partial charge is 0.355 e. The number of hydrogen-bond donors (Lipinski definition) is 1. The summed E-state index contributed by atoms with van der Waals surface area (Å²) in [4.78, 5) is 10.2. The molecule has 1 aliphatic rings. The van der Waals surface area contributed by atoms with E-state index in [1.54, 1.807) is 6.92 Å². The Morgan fingerprint density at radius 1 is 1.50 bits per heavy atom. The molecule has 1 aliphatic heterocycles. The Morgan fingerprint density at radius 2 is 2.28 bits per heavy atom. The van der Waals surface area contributed by atoms with Crippen LogP contribution in [0.4, 0.5) is 5.82 Å². The van der Waals surface area contributed by atoms with Crippen LogP contribution in [-0.4, -0.2) is 43.3 Å². The summed E-state index contributed by atoms with van der Waals surface area (Å²) < 4.78 is 26.4. The summed E-state index contributed by atoms with van der Waals surface area (Å²) in [7, 11) is -3.20. The van der Waals surface area contributed by atoms with Crippen LogP contribution in [0.5, 0.6) is 0 Å². The molecule has 6 nitrogen and oxygen atoms in total. The molecule has 7 heteroatoms. The van der Waals surface area contributed by atoms with E-state index in [0.717, 1.165) is 11.5 Å². The van der Waals surface area contributed by atoms with Gasteiger partial charge in [-0.2, -0.15) is 0 Å². The van der Waals surface area contributed by atoms with Crippen molar-refractivity contribution < 1.29 is 8.42 Å². The first-order valence-electron chi connectivity index (χ1n) is 6.05. The molecule has 18 heavy (non-hydrogen) atoms. The predicted molar refractivity (Wildman–Crippen MR) is 70.0 cm³/mol. The molecule has 1 saturated heterocycles. The average Bonchev–Trinajstić information content (AvgIpc) is 2.78. The van der Waals surface area contributed by atoms with Gasteiger partial charge in [-0.25, -0.2) is 23.1 Å². The zero-order valence-corrected chi connectivity index (χ0v) is 11.4. The number of sulfonamides is 1. The number of hydrogen-bond acceptors (Lipinski definition) is 5. The Kier molecular flexibility index (Phi) is 3.82. The number of aromatic nitrogens is 2. The molecule has 100 valence electrons. The van der Waals surface area contributed by atoms with Gasteiger partial charge in [0.05, 0.1) is 5.25 Å². The van der Waals surface area contributed by atoms with Gasteiger partial charge in [0.1, 0.15) is 12.1 Å². The molecule has 0 saturated carbocycles. The normalized spacial score (nSPS) is 20.3. The van der Waals surface area contributed by atoms with Crippen molar-refractivity contribution in [1.29, 1.82) is 0 Å². The summed E-state index contributed by atoms with van der Waals surface area (Å²) in [5.41, 5.74) is 0.887. The molecule has 1 aromatic heterocycles. The Balaban J connectivity index is 2.09. The highest BCUT2D eigenvalue weighted by Crippen LogP contribution is 2.21. The highest BCUT2D eigenvalue weighted by Gasteiger charge is 2.33. The van der Waals surface area contributed by atoms with E-state index in [9.17, 15) is 8.42 Å². The number of anilines is 1. The fraction of sp³-hybridized carbons (Fsp3) is 0.636. The molecule has 0 bridgehead atoms. The van der Waals surface area contributed by atoms with E-state index in [2.05, 4.69) is 14.7 Å². The van der Waals surface area contributed by atoms with E-state index < -0.39 is 10.0 Å². The first kappa shape index (κ1) is 13.2. The van der Waals surface area contributed by atoms with Gasteiger partial charge in [-0.3, -0.25) is 0 Å². The maximum Gasteiger partial charge on any atom is 0.216 e. The first-order chi connectivity index (χ1) is 8.53. The maximum absolute atomic E-state index is 11.9. The van der Waals surface area contributed by atoms with Crippen LogP contribution in [-0.2, 0) is 10.0 Å². The molecule has 2 rings (SSSR count). The molecular weight excluding hydrogens is 252 g/mol. The van der Waals surface area contributed by atoms with E-state index in [1.807, 2.05) is 17.9 Å². The molecule has 1 N–H and O–H groups in total. The molecule has 1 aromatic rings. The summed E-state index contributed by atoms with van der Waals surface area (Å²) in [5.74, 6) is 0.802. The summed E-state index contributed by atoms with van der Waals surface area (Å²) in [6, 6.07) is 1.88. The molecule has 1 atom stereocenters. The topological polar surface area (TPSA) is 75.2 Å². The van der Waals surface area contributed by atoms with Gasteiger partial charge in [-0.15, -0.1) is 0 Å². The van der Waals surface area contributed by atoms with Crippen LogP contribution in [0, 0.1) is 6.92 Å². The molecular formula is C11H18N4O2S. The van der Waals surface area contributed by atoms with Crippen molar-refractivity contribution >= 4 is 15.8 Å². The lowest BCUT2D eigenvalue weighted by molar-refractivity contribution is 0.571. The van der Waals surface area contributed by atoms with Crippen LogP contribution in [0.1, 0.15) is 19.0 Å². The SMILES string of the molecule is CCNS(=O)(=O)[C@@H]1CCN(c2cc(C)ncn2)C1. The number of nitrogens with zero attached hydrogens (tertiary/aromatic N) is 3. The second-order valence-electron chi connectivity index (χ2n) is 4.42. The molecule has 0 aliphatic carbocycles. The molecule has 0 amide bonds. The highest BCUT2D eigenvalue weighted by atomic mass is 32.2. The Morgan fingerprint density at radius 3 is 2.94 bits per heavy atom. The quantitative estimate of drug-likeness (QED) is 0.852. The van der Waals surface area contributed by atoms with Crippen LogP contribution >= 0.6 is 0 Å². The summed E-state index contributed by atoms with van der Waals surface area (Å²) >= 11 is 0. The maximum atomic E-state index is 11.9. The van der Waals surface area contributed by atoms with Gasteiger partial charge in [-0.1, -0.05) is 6.92 Å². The van der Waals surface area contributed by atoms with E-state index in [1.165, 1.54) is 6.33 Å². The van der Waals surface area contributed by atoms with Gasteiger partial charge in [0.25, 0.3) is 0 Å². The van der Waals surface area contributed by atoms with Gasteiger partial charge < -0.3 is 4.90 Å². The van der Waals surface area contributed by atoms with Gasteiger partial charge in [0.2, 0.25) is 10.0 Å². The van der Waals surface area contributed by atoms with Crippen LogP contribution in [0.25, 0.3) is 0 Å². The summed E-state index contributed by atoms with van der Waals surface area (Å²) in [5, 5.41) is -0.354. The predicted octanol–water partition coefficient (Wildman–Crippen LogP) is 0.303. The molecule has 1 fully saturated rings. The van der Waals surface area contributed by atoms with Gasteiger partial charge in [0.15, 0.2) is 0 Å². The smallest absolute Gasteiger partial charge is 0.216 e. The third-order valence-corrected chi connectivity index (χ3v) is 5.00. The third kappa shape index (κ3) is 2.78. The van der Waals surface area contributed by atoms with Crippen molar-refractivity contribution in [2.45, 2.75) is 25.5 Å². The lowest BCUT2D eigenvalue weighted by Gasteiger charge is -2.17. The minimum atomic E-state index is -3.20. The first-order valence-corrected chi connectivity index (χ1v) is 7.59. The second-order valence-corrected chi connectivity index (χ2v) is 6.46. The fourth-order valence-electron chi connectivity index (χ4n) is 2.12. The van der Waals surface area contributed by atoms with E-state index in [-0.39, 0.29) is 5.25 Å². The molecule has 0 spiro atoms. The average molecular weight is 270 g/mol. The summed E-state index contributed by atoms with van der Waals surface area (Å²) in [6.45, 7) is 5.33. The van der Waals surface area contributed by atoms with E-state index in [4.69, 9.17) is 0 Å². The molecule has 0 unspecified atom stereocenters. The zero-order chi connectivity index (χ0) is 13.2. The molecule has 0 aromatic carbocycles. The molecule has 0 radical (unpaired) electrons. The summed E-state index contributed by atoms with van der Waals surface area (Å²) in [6.07, 6.45) is 2.15. The van der Waals surface area contributed by atoms with Crippen molar-refractivity contribution in [3.63, 3.8) is 0 Å². The van der Waals surface area contributed by atoms with Gasteiger partial charge >= 0.3 is 0 Å². The van der Waals surface area contributed by atoms with Gasteiger partial charge in [0, 0.05) is 31.4 Å².